The molecule has 42 heavy (non-hydrogen) atoms. The number of ether oxygens (including phenoxy) is 3. The average molecular weight is 573 g/mol. The summed E-state index contributed by atoms with van der Waals surface area (Å²) in [6.07, 6.45) is 10.1. The molecule has 1 saturated carbocycles. The van der Waals surface area contributed by atoms with E-state index in [0.29, 0.717) is 49.9 Å². The van der Waals surface area contributed by atoms with Crippen LogP contribution in [-0.2, 0) is 22.6 Å². The number of H-pyrrole nitrogens is 1. The van der Waals surface area contributed by atoms with E-state index in [1.165, 1.54) is 6.42 Å². The van der Waals surface area contributed by atoms with Crippen LogP contribution in [0.25, 0.3) is 21.7 Å². The predicted molar refractivity (Wildman–Crippen MR) is 162 cm³/mol. The number of benzene rings is 1. The van der Waals surface area contributed by atoms with Crippen molar-refractivity contribution < 1.29 is 19.0 Å². The summed E-state index contributed by atoms with van der Waals surface area (Å²) in [6.45, 7) is 8.66. The number of hydrogen-bond acceptors (Lipinski definition) is 6. The summed E-state index contributed by atoms with van der Waals surface area (Å²) >= 11 is 0. The Morgan fingerprint density at radius 3 is 2.64 bits per heavy atom. The van der Waals surface area contributed by atoms with Gasteiger partial charge in [-0.3, -0.25) is 9.78 Å². The van der Waals surface area contributed by atoms with Crippen LogP contribution in [0.3, 0.4) is 0 Å². The largest absolute Gasteiger partial charge is 0.488 e. The van der Waals surface area contributed by atoms with Crippen LogP contribution in [0.1, 0.15) is 64.1 Å². The maximum Gasteiger partial charge on any atom is 0.410 e. The van der Waals surface area contributed by atoms with Gasteiger partial charge in [0.2, 0.25) is 0 Å². The first kappa shape index (κ1) is 28.3. The number of carbonyl (C=O) groups is 1. The standard InChI is InChI=1S/C33H40N4O5/c1-33(2,3)42-32(39)37(19-22-5-4-6-22)21-25-16-24-8-7-23(15-29(24)35-25)20-36-12-9-27-28(31(36)38)17-34-18-30(27)41-26-10-13-40-14-11-26/h7-9,12,15-18,22,26,35H,4-6,10-11,13-14,19-21H2,1-3H3. The Bertz CT molecular complexity index is 1630. The molecule has 2 aliphatic rings. The van der Waals surface area contributed by atoms with Crippen LogP contribution in [0.4, 0.5) is 4.79 Å². The lowest BCUT2D eigenvalue weighted by atomic mass is 9.85. The second kappa shape index (κ2) is 11.8. The Morgan fingerprint density at radius 2 is 1.90 bits per heavy atom. The molecule has 1 aromatic carbocycles. The number of nitrogens with zero attached hydrogens (tertiary/aromatic N) is 3. The highest BCUT2D eigenvalue weighted by Crippen LogP contribution is 2.29. The number of fused-ring (bicyclic) bond motifs is 2. The van der Waals surface area contributed by atoms with Gasteiger partial charge < -0.3 is 28.7 Å². The van der Waals surface area contributed by atoms with Gasteiger partial charge in [-0.05, 0) is 68.7 Å². The van der Waals surface area contributed by atoms with E-state index >= 15 is 0 Å². The normalized spacial score (nSPS) is 16.5. The minimum atomic E-state index is -0.541. The molecule has 6 rings (SSSR count). The van der Waals surface area contributed by atoms with E-state index in [4.69, 9.17) is 14.2 Å². The molecule has 9 nitrogen and oxygen atoms in total. The van der Waals surface area contributed by atoms with Gasteiger partial charge in [-0.2, -0.15) is 0 Å². The maximum atomic E-state index is 13.4. The van der Waals surface area contributed by atoms with Crippen molar-refractivity contribution in [2.75, 3.05) is 19.8 Å². The van der Waals surface area contributed by atoms with Crippen molar-refractivity contribution in [1.82, 2.24) is 19.4 Å². The number of amides is 1. The number of hydrogen-bond donors (Lipinski definition) is 1. The Morgan fingerprint density at radius 1 is 1.10 bits per heavy atom. The van der Waals surface area contributed by atoms with Crippen LogP contribution >= 0.6 is 0 Å². The zero-order chi connectivity index (χ0) is 29.3. The number of carbonyl (C=O) groups excluding carboxylic acids is 1. The average Bonchev–Trinajstić information content (AvgIpc) is 3.33. The van der Waals surface area contributed by atoms with E-state index < -0.39 is 5.60 Å². The first-order valence-corrected chi connectivity index (χ1v) is 15.0. The Hall–Kier alpha value is -3.85. The molecular weight excluding hydrogens is 532 g/mol. The Balaban J connectivity index is 1.19. The van der Waals surface area contributed by atoms with Gasteiger partial charge in [-0.15, -0.1) is 0 Å². The van der Waals surface area contributed by atoms with Gasteiger partial charge in [0.15, 0.2) is 0 Å². The molecule has 3 aromatic heterocycles. The van der Waals surface area contributed by atoms with Crippen molar-refractivity contribution in [2.45, 2.75) is 77.7 Å². The van der Waals surface area contributed by atoms with Crippen LogP contribution in [0.2, 0.25) is 0 Å². The molecule has 9 heteroatoms. The van der Waals surface area contributed by atoms with Gasteiger partial charge in [0.05, 0.1) is 37.9 Å². The van der Waals surface area contributed by atoms with Crippen molar-refractivity contribution in [1.29, 1.82) is 0 Å². The van der Waals surface area contributed by atoms with E-state index in [9.17, 15) is 9.59 Å². The molecule has 4 heterocycles. The third-order valence-electron chi connectivity index (χ3n) is 8.14. The SMILES string of the molecule is CC(C)(C)OC(=O)N(Cc1cc2ccc(Cn3ccc4c(OC5CCOCC5)cncc4c3=O)cc2[nH]1)CC1CCC1. The Labute approximate surface area is 245 Å². The van der Waals surface area contributed by atoms with E-state index in [-0.39, 0.29) is 17.8 Å². The predicted octanol–water partition coefficient (Wildman–Crippen LogP) is 6.02. The lowest BCUT2D eigenvalue weighted by Crippen LogP contribution is -2.40. The summed E-state index contributed by atoms with van der Waals surface area (Å²) in [5.74, 6) is 1.18. The summed E-state index contributed by atoms with van der Waals surface area (Å²) in [5.41, 5.74) is 2.28. The molecule has 2 fully saturated rings. The fourth-order valence-electron chi connectivity index (χ4n) is 5.71. The van der Waals surface area contributed by atoms with Crippen LogP contribution in [0.5, 0.6) is 5.75 Å². The quantitative estimate of drug-likeness (QED) is 0.277. The number of nitrogens with one attached hydrogen (secondary N) is 1. The van der Waals surface area contributed by atoms with Gasteiger partial charge in [-0.1, -0.05) is 18.6 Å². The van der Waals surface area contributed by atoms with Crippen molar-refractivity contribution in [3.63, 3.8) is 0 Å². The third-order valence-corrected chi connectivity index (χ3v) is 8.14. The molecule has 0 bridgehead atoms. The summed E-state index contributed by atoms with van der Waals surface area (Å²) in [4.78, 5) is 36.1. The summed E-state index contributed by atoms with van der Waals surface area (Å²) in [7, 11) is 0. The van der Waals surface area contributed by atoms with Crippen molar-refractivity contribution >= 4 is 27.8 Å². The zero-order valence-electron chi connectivity index (χ0n) is 24.7. The highest BCUT2D eigenvalue weighted by atomic mass is 16.6. The number of aromatic nitrogens is 3. The molecule has 0 unspecified atom stereocenters. The minimum absolute atomic E-state index is 0.0698. The molecule has 0 atom stereocenters. The lowest BCUT2D eigenvalue weighted by Gasteiger charge is -2.33. The third kappa shape index (κ3) is 6.46. The number of rotatable bonds is 8. The molecule has 1 aliphatic carbocycles. The molecule has 4 aromatic rings. The highest BCUT2D eigenvalue weighted by Gasteiger charge is 2.28. The second-order valence-electron chi connectivity index (χ2n) is 12.7. The molecule has 1 amide bonds. The molecule has 0 spiro atoms. The van der Waals surface area contributed by atoms with Crippen LogP contribution in [-0.4, -0.2) is 57.0 Å². The molecule has 1 saturated heterocycles. The molecule has 1 N–H and O–H groups in total. The van der Waals surface area contributed by atoms with Crippen molar-refractivity contribution in [3.05, 3.63) is 70.5 Å². The zero-order valence-corrected chi connectivity index (χ0v) is 24.7. The first-order chi connectivity index (χ1) is 20.2. The van der Waals surface area contributed by atoms with Gasteiger partial charge in [0, 0.05) is 48.4 Å². The molecule has 222 valence electrons. The molecular formula is C33H40N4O5. The number of aromatic amines is 1. The van der Waals surface area contributed by atoms with Gasteiger partial charge in [-0.25, -0.2) is 4.79 Å². The Kier molecular flexibility index (Phi) is 7.94. The van der Waals surface area contributed by atoms with Crippen molar-refractivity contribution in [2.24, 2.45) is 5.92 Å². The fraction of sp³-hybridized carbons (Fsp3) is 0.485. The van der Waals surface area contributed by atoms with Gasteiger partial charge in [0.1, 0.15) is 17.5 Å². The summed E-state index contributed by atoms with van der Waals surface area (Å²) in [6, 6.07) is 10.2. The van der Waals surface area contributed by atoms with Crippen LogP contribution < -0.4 is 10.3 Å². The van der Waals surface area contributed by atoms with Crippen LogP contribution in [0.15, 0.2) is 53.7 Å². The summed E-state index contributed by atoms with van der Waals surface area (Å²) < 4.78 is 19.1. The topological polar surface area (TPSA) is 98.7 Å². The lowest BCUT2D eigenvalue weighted by molar-refractivity contribution is 0.0170. The first-order valence-electron chi connectivity index (χ1n) is 15.0. The molecule has 1 aliphatic heterocycles. The monoisotopic (exact) mass is 572 g/mol. The van der Waals surface area contributed by atoms with E-state index in [1.807, 2.05) is 44.0 Å². The van der Waals surface area contributed by atoms with Gasteiger partial charge >= 0.3 is 6.09 Å². The minimum Gasteiger partial charge on any atom is -0.488 e. The highest BCUT2D eigenvalue weighted by molar-refractivity contribution is 5.86. The summed E-state index contributed by atoms with van der Waals surface area (Å²) in [5, 5.41) is 2.38. The van der Waals surface area contributed by atoms with Crippen molar-refractivity contribution in [3.8, 4) is 5.75 Å². The maximum absolute atomic E-state index is 13.4. The van der Waals surface area contributed by atoms with Gasteiger partial charge in [0.25, 0.3) is 5.56 Å². The smallest absolute Gasteiger partial charge is 0.410 e. The second-order valence-corrected chi connectivity index (χ2v) is 12.7. The molecule has 0 radical (unpaired) electrons. The number of pyridine rings is 2. The van der Waals surface area contributed by atoms with E-state index in [0.717, 1.165) is 53.2 Å². The fourth-order valence-corrected chi connectivity index (χ4v) is 5.71. The van der Waals surface area contributed by atoms with E-state index in [1.54, 1.807) is 17.0 Å². The van der Waals surface area contributed by atoms with E-state index in [2.05, 4.69) is 28.2 Å². The van der Waals surface area contributed by atoms with Crippen LogP contribution in [0, 0.1) is 5.92 Å².